The second kappa shape index (κ2) is 5.23. The Labute approximate surface area is 99.7 Å². The Balaban J connectivity index is 2.09. The normalized spacial score (nSPS) is 26.1. The van der Waals surface area contributed by atoms with Gasteiger partial charge in [-0.15, -0.1) is 0 Å². The van der Waals surface area contributed by atoms with Gasteiger partial charge in [0.25, 0.3) is 0 Å². The summed E-state index contributed by atoms with van der Waals surface area (Å²) < 4.78 is 0. The van der Waals surface area contributed by atoms with Crippen molar-refractivity contribution in [3.8, 4) is 0 Å². The zero-order valence-corrected chi connectivity index (χ0v) is 9.58. The average Bonchev–Trinajstić information content (AvgIpc) is 2.39. The fourth-order valence-electron chi connectivity index (χ4n) is 2.27. The number of aliphatic imine (C=N–C) groups is 1. The van der Waals surface area contributed by atoms with Gasteiger partial charge in [-0.25, -0.2) is 0 Å². The fourth-order valence-corrected chi connectivity index (χ4v) is 2.27. The van der Waals surface area contributed by atoms with Crippen LogP contribution in [0.15, 0.2) is 28.4 Å². The van der Waals surface area contributed by atoms with Crippen LogP contribution in [0, 0.1) is 16.0 Å². The molecule has 2 unspecified atom stereocenters. The second-order valence-corrected chi connectivity index (χ2v) is 4.47. The van der Waals surface area contributed by atoms with Crippen LogP contribution in [-0.2, 0) is 0 Å². The minimum absolute atomic E-state index is 0.0913. The molecule has 5 nitrogen and oxygen atoms in total. The number of rotatable bonds is 3. The Morgan fingerprint density at radius 1 is 1.53 bits per heavy atom. The molecule has 1 N–H and O–H groups in total. The summed E-state index contributed by atoms with van der Waals surface area (Å²) in [7, 11) is 0. The Kier molecular flexibility index (Phi) is 3.68. The number of aliphatic hydroxyl groups excluding tert-OH is 1. The molecule has 0 saturated heterocycles. The molecule has 1 aliphatic heterocycles. The molecule has 0 saturated carbocycles. The highest BCUT2D eigenvalue weighted by Crippen LogP contribution is 2.26. The first kappa shape index (κ1) is 12.0. The van der Waals surface area contributed by atoms with E-state index in [0.717, 1.165) is 12.8 Å². The minimum atomic E-state index is -0.623. The van der Waals surface area contributed by atoms with Crippen LogP contribution in [0.2, 0.25) is 0 Å². The largest absolute Gasteiger partial charge is 0.388 e. The van der Waals surface area contributed by atoms with Gasteiger partial charge in [0.1, 0.15) is 0 Å². The van der Waals surface area contributed by atoms with E-state index in [-0.39, 0.29) is 16.5 Å². The van der Waals surface area contributed by atoms with Crippen LogP contribution >= 0.6 is 0 Å². The highest BCUT2D eigenvalue weighted by atomic mass is 16.6. The first-order valence-corrected chi connectivity index (χ1v) is 5.90. The lowest BCUT2D eigenvalue weighted by molar-refractivity contribution is -0.428. The van der Waals surface area contributed by atoms with Crippen molar-refractivity contribution in [2.24, 2.45) is 10.9 Å². The smallest absolute Gasteiger partial charge is 0.246 e. The van der Waals surface area contributed by atoms with Gasteiger partial charge in [0, 0.05) is 25.0 Å². The molecule has 2 aliphatic rings. The van der Waals surface area contributed by atoms with Crippen LogP contribution in [0.3, 0.4) is 0 Å². The Hall–Kier alpha value is -1.49. The van der Waals surface area contributed by atoms with Crippen LogP contribution in [0.1, 0.15) is 25.7 Å². The average molecular weight is 236 g/mol. The van der Waals surface area contributed by atoms with Gasteiger partial charge in [0.05, 0.1) is 11.0 Å². The number of aliphatic hydroxyl groups is 1. The van der Waals surface area contributed by atoms with Gasteiger partial charge >= 0.3 is 0 Å². The molecule has 2 rings (SSSR count). The predicted molar refractivity (Wildman–Crippen MR) is 64.5 cm³/mol. The van der Waals surface area contributed by atoms with E-state index < -0.39 is 6.10 Å². The molecule has 0 spiro atoms. The van der Waals surface area contributed by atoms with Crippen molar-refractivity contribution in [1.29, 1.82) is 0 Å². The van der Waals surface area contributed by atoms with Crippen LogP contribution < -0.4 is 0 Å². The monoisotopic (exact) mass is 236 g/mol. The van der Waals surface area contributed by atoms with E-state index in [2.05, 4.69) is 4.99 Å². The molecule has 0 aromatic rings. The van der Waals surface area contributed by atoms with Crippen LogP contribution in [0.25, 0.3) is 0 Å². The van der Waals surface area contributed by atoms with Crippen LogP contribution in [-0.4, -0.2) is 28.9 Å². The van der Waals surface area contributed by atoms with E-state index in [1.807, 2.05) is 12.3 Å². The van der Waals surface area contributed by atoms with E-state index in [4.69, 9.17) is 0 Å². The maximum Gasteiger partial charge on any atom is 0.246 e. The van der Waals surface area contributed by atoms with Crippen molar-refractivity contribution >= 4 is 6.21 Å². The van der Waals surface area contributed by atoms with E-state index in [0.29, 0.717) is 25.0 Å². The molecule has 0 aromatic carbocycles. The third kappa shape index (κ3) is 2.79. The highest BCUT2D eigenvalue weighted by molar-refractivity contribution is 5.58. The summed E-state index contributed by atoms with van der Waals surface area (Å²) >= 11 is 0. The van der Waals surface area contributed by atoms with E-state index in [1.165, 1.54) is 6.08 Å². The molecule has 92 valence electrons. The maximum absolute atomic E-state index is 10.7. The summed E-state index contributed by atoms with van der Waals surface area (Å²) in [5.41, 5.74) is 0.880. The van der Waals surface area contributed by atoms with Crippen molar-refractivity contribution in [3.63, 3.8) is 0 Å². The topological polar surface area (TPSA) is 75.7 Å². The van der Waals surface area contributed by atoms with Crippen molar-refractivity contribution in [1.82, 2.24) is 0 Å². The summed E-state index contributed by atoms with van der Waals surface area (Å²) in [6.07, 6.45) is 7.52. The minimum Gasteiger partial charge on any atom is -0.388 e. The van der Waals surface area contributed by atoms with E-state index >= 15 is 0 Å². The molecular formula is C12H16N2O3. The molecular weight excluding hydrogens is 220 g/mol. The number of hydrogen-bond donors (Lipinski definition) is 1. The van der Waals surface area contributed by atoms with Crippen LogP contribution in [0.5, 0.6) is 0 Å². The predicted octanol–water partition coefficient (Wildman–Crippen LogP) is 1.71. The van der Waals surface area contributed by atoms with Crippen molar-refractivity contribution in [2.45, 2.75) is 31.8 Å². The number of nitro groups is 1. The molecule has 0 bridgehead atoms. The van der Waals surface area contributed by atoms with Gasteiger partial charge in [0.15, 0.2) is 0 Å². The Morgan fingerprint density at radius 2 is 2.35 bits per heavy atom. The number of hydrogen-bond acceptors (Lipinski definition) is 4. The second-order valence-electron chi connectivity index (χ2n) is 4.47. The zero-order valence-electron chi connectivity index (χ0n) is 9.58. The van der Waals surface area contributed by atoms with Gasteiger partial charge in [-0.2, -0.15) is 0 Å². The first-order chi connectivity index (χ1) is 8.18. The SMILES string of the molecule is O=[N+]([O-])C1=CC(C(O)C2CCC=NC2)=CCC1. The lowest BCUT2D eigenvalue weighted by atomic mass is 9.87. The van der Waals surface area contributed by atoms with Gasteiger partial charge < -0.3 is 5.11 Å². The van der Waals surface area contributed by atoms with Gasteiger partial charge in [-0.1, -0.05) is 6.08 Å². The molecule has 0 fully saturated rings. The summed E-state index contributed by atoms with van der Waals surface area (Å²) in [6.45, 7) is 0.611. The lowest BCUT2D eigenvalue weighted by Gasteiger charge is -2.25. The standard InChI is InChI=1S/C12H16N2O3/c15-12(10-4-2-6-13-8-10)9-3-1-5-11(7-9)14(16)17/h3,6-7,10,12,15H,1-2,4-5,8H2. The molecule has 17 heavy (non-hydrogen) atoms. The zero-order chi connectivity index (χ0) is 12.3. The third-order valence-corrected chi connectivity index (χ3v) is 3.27. The molecule has 5 heteroatoms. The van der Waals surface area contributed by atoms with Crippen molar-refractivity contribution in [2.75, 3.05) is 6.54 Å². The molecule has 1 aliphatic carbocycles. The Bertz CT molecular complexity index is 399. The molecule has 0 radical (unpaired) electrons. The van der Waals surface area contributed by atoms with Crippen LogP contribution in [0.4, 0.5) is 0 Å². The molecule has 0 aromatic heterocycles. The van der Waals surface area contributed by atoms with E-state index in [9.17, 15) is 15.2 Å². The Morgan fingerprint density at radius 3 is 3.00 bits per heavy atom. The fraction of sp³-hybridized carbons (Fsp3) is 0.583. The maximum atomic E-state index is 10.7. The quantitative estimate of drug-likeness (QED) is 0.598. The molecule has 1 heterocycles. The summed E-state index contributed by atoms with van der Waals surface area (Å²) in [5, 5.41) is 20.9. The first-order valence-electron chi connectivity index (χ1n) is 5.90. The van der Waals surface area contributed by atoms with Crippen molar-refractivity contribution in [3.05, 3.63) is 33.5 Å². The number of nitrogens with zero attached hydrogens (tertiary/aromatic N) is 2. The highest BCUT2D eigenvalue weighted by Gasteiger charge is 2.26. The summed E-state index contributed by atoms with van der Waals surface area (Å²) in [4.78, 5) is 14.5. The van der Waals surface area contributed by atoms with Gasteiger partial charge in [-0.3, -0.25) is 15.1 Å². The summed E-state index contributed by atoms with van der Waals surface area (Å²) in [6, 6.07) is 0. The third-order valence-electron chi connectivity index (χ3n) is 3.27. The van der Waals surface area contributed by atoms with Gasteiger partial charge in [-0.05, 0) is 31.1 Å². The molecule has 2 atom stereocenters. The summed E-state index contributed by atoms with van der Waals surface area (Å²) in [5.74, 6) is 0.0913. The van der Waals surface area contributed by atoms with E-state index in [1.54, 1.807) is 0 Å². The lowest BCUT2D eigenvalue weighted by Crippen LogP contribution is -2.27. The van der Waals surface area contributed by atoms with Gasteiger partial charge in [0.2, 0.25) is 5.70 Å². The number of allylic oxidation sites excluding steroid dienone is 2. The molecule has 0 amide bonds. The van der Waals surface area contributed by atoms with Crippen molar-refractivity contribution < 1.29 is 10.0 Å².